The summed E-state index contributed by atoms with van der Waals surface area (Å²) in [7, 11) is 1.48. The zero-order chi connectivity index (χ0) is 12.1. The van der Waals surface area contributed by atoms with Crippen molar-refractivity contribution in [3.63, 3.8) is 0 Å². The third-order valence-electron chi connectivity index (χ3n) is 2.16. The molecule has 1 aromatic carbocycles. The Bertz CT molecular complexity index is 493. The summed E-state index contributed by atoms with van der Waals surface area (Å²) in [6, 6.07) is 9.68. The van der Waals surface area contributed by atoms with Crippen molar-refractivity contribution in [3.8, 4) is 5.69 Å². The van der Waals surface area contributed by atoms with Gasteiger partial charge >= 0.3 is 0 Å². The highest BCUT2D eigenvalue weighted by atomic mass is 16.5. The van der Waals surface area contributed by atoms with Gasteiger partial charge in [0.25, 0.3) is 0 Å². The average molecular weight is 231 g/mol. The second-order valence-corrected chi connectivity index (χ2v) is 3.49. The first-order chi connectivity index (χ1) is 8.29. The summed E-state index contributed by atoms with van der Waals surface area (Å²) in [6.07, 6.45) is 3.35. The minimum atomic E-state index is -0.194. The van der Waals surface area contributed by atoms with Gasteiger partial charge in [-0.05, 0) is 12.1 Å². The molecule has 5 heteroatoms. The molecule has 0 radical (unpaired) electrons. The monoisotopic (exact) mass is 231 g/mol. The molecular weight excluding hydrogens is 218 g/mol. The Morgan fingerprint density at radius 2 is 2.18 bits per heavy atom. The maximum Gasteiger partial charge on any atom is 0.250 e. The molecule has 0 aliphatic heterocycles. The highest BCUT2D eigenvalue weighted by Gasteiger charge is 2.04. The summed E-state index contributed by atoms with van der Waals surface area (Å²) in [5.74, 6) is -0.194. The lowest BCUT2D eigenvalue weighted by molar-refractivity contribution is -0.119. The molecule has 0 bridgehead atoms. The number of hydrogen-bond acceptors (Lipinski definition) is 3. The van der Waals surface area contributed by atoms with Crippen molar-refractivity contribution >= 4 is 11.6 Å². The van der Waals surface area contributed by atoms with Crippen molar-refractivity contribution in [1.82, 2.24) is 9.78 Å². The van der Waals surface area contributed by atoms with Gasteiger partial charge in [-0.3, -0.25) is 4.79 Å². The van der Waals surface area contributed by atoms with E-state index in [0.717, 1.165) is 5.69 Å². The van der Waals surface area contributed by atoms with E-state index in [1.165, 1.54) is 7.11 Å². The summed E-state index contributed by atoms with van der Waals surface area (Å²) in [5, 5.41) is 6.85. The highest BCUT2D eigenvalue weighted by Crippen LogP contribution is 2.10. The van der Waals surface area contributed by atoms with Gasteiger partial charge in [0.05, 0.1) is 23.8 Å². The Hall–Kier alpha value is -2.14. The number of nitrogens with zero attached hydrogens (tertiary/aromatic N) is 2. The Labute approximate surface area is 99.0 Å². The molecule has 5 nitrogen and oxygen atoms in total. The van der Waals surface area contributed by atoms with E-state index in [-0.39, 0.29) is 12.5 Å². The number of para-hydroxylation sites is 1. The molecule has 0 atom stereocenters. The van der Waals surface area contributed by atoms with Gasteiger partial charge < -0.3 is 10.1 Å². The van der Waals surface area contributed by atoms with Crippen LogP contribution in [0.1, 0.15) is 0 Å². The first kappa shape index (κ1) is 11.3. The Kier molecular flexibility index (Phi) is 3.52. The molecule has 88 valence electrons. The quantitative estimate of drug-likeness (QED) is 0.866. The molecule has 2 rings (SSSR count). The maximum atomic E-state index is 11.3. The smallest absolute Gasteiger partial charge is 0.250 e. The lowest BCUT2D eigenvalue weighted by atomic mass is 10.3. The van der Waals surface area contributed by atoms with Crippen LogP contribution in [0.25, 0.3) is 5.69 Å². The Morgan fingerprint density at radius 3 is 2.88 bits per heavy atom. The van der Waals surface area contributed by atoms with Crippen LogP contribution in [0.3, 0.4) is 0 Å². The molecule has 0 aliphatic carbocycles. The van der Waals surface area contributed by atoms with Crippen LogP contribution in [-0.2, 0) is 9.53 Å². The molecule has 2 aromatic rings. The van der Waals surface area contributed by atoms with Gasteiger partial charge in [-0.25, -0.2) is 4.68 Å². The zero-order valence-corrected chi connectivity index (χ0v) is 9.46. The van der Waals surface area contributed by atoms with Crippen molar-refractivity contribution in [2.75, 3.05) is 19.0 Å². The van der Waals surface area contributed by atoms with Gasteiger partial charge in [0.2, 0.25) is 5.91 Å². The van der Waals surface area contributed by atoms with E-state index in [4.69, 9.17) is 4.74 Å². The van der Waals surface area contributed by atoms with Crippen molar-refractivity contribution < 1.29 is 9.53 Å². The van der Waals surface area contributed by atoms with E-state index in [1.807, 2.05) is 30.3 Å². The first-order valence-electron chi connectivity index (χ1n) is 5.18. The SMILES string of the molecule is COCC(=O)Nc1cnn(-c2ccccc2)c1. The van der Waals surface area contributed by atoms with Crippen LogP contribution in [0, 0.1) is 0 Å². The number of carbonyl (C=O) groups excluding carboxylic acids is 1. The molecular formula is C12H13N3O2. The van der Waals surface area contributed by atoms with Gasteiger partial charge in [-0.1, -0.05) is 18.2 Å². The van der Waals surface area contributed by atoms with Crippen LogP contribution in [0.2, 0.25) is 0 Å². The van der Waals surface area contributed by atoms with Crippen LogP contribution >= 0.6 is 0 Å². The fraction of sp³-hybridized carbons (Fsp3) is 0.167. The molecule has 1 N–H and O–H groups in total. The van der Waals surface area contributed by atoms with E-state index in [2.05, 4.69) is 10.4 Å². The normalized spacial score (nSPS) is 10.2. The molecule has 17 heavy (non-hydrogen) atoms. The summed E-state index contributed by atoms with van der Waals surface area (Å²) >= 11 is 0. The first-order valence-corrected chi connectivity index (χ1v) is 5.18. The number of aromatic nitrogens is 2. The number of nitrogens with one attached hydrogen (secondary N) is 1. The Morgan fingerprint density at radius 1 is 1.41 bits per heavy atom. The van der Waals surface area contributed by atoms with Crippen LogP contribution < -0.4 is 5.32 Å². The minimum absolute atomic E-state index is 0.0382. The van der Waals surface area contributed by atoms with E-state index >= 15 is 0 Å². The van der Waals surface area contributed by atoms with E-state index < -0.39 is 0 Å². The van der Waals surface area contributed by atoms with Gasteiger partial charge in [0.15, 0.2) is 0 Å². The molecule has 0 aliphatic rings. The largest absolute Gasteiger partial charge is 0.375 e. The van der Waals surface area contributed by atoms with Gasteiger partial charge in [-0.15, -0.1) is 0 Å². The molecule has 0 unspecified atom stereocenters. The topological polar surface area (TPSA) is 56.1 Å². The van der Waals surface area contributed by atoms with Crippen LogP contribution in [0.5, 0.6) is 0 Å². The maximum absolute atomic E-state index is 11.3. The highest BCUT2D eigenvalue weighted by molar-refractivity contribution is 5.91. The molecule has 0 saturated carbocycles. The van der Waals surface area contributed by atoms with Crippen LogP contribution in [0.4, 0.5) is 5.69 Å². The second kappa shape index (κ2) is 5.27. The third-order valence-corrected chi connectivity index (χ3v) is 2.16. The predicted octanol–water partition coefficient (Wildman–Crippen LogP) is 1.46. The molecule has 0 fully saturated rings. The summed E-state index contributed by atoms with van der Waals surface area (Å²) in [5.41, 5.74) is 1.59. The second-order valence-electron chi connectivity index (χ2n) is 3.49. The predicted molar refractivity (Wildman–Crippen MR) is 64.1 cm³/mol. The van der Waals surface area contributed by atoms with Crippen molar-refractivity contribution in [2.24, 2.45) is 0 Å². The van der Waals surface area contributed by atoms with Crippen molar-refractivity contribution in [1.29, 1.82) is 0 Å². The molecule has 1 amide bonds. The third kappa shape index (κ3) is 2.92. The minimum Gasteiger partial charge on any atom is -0.375 e. The standard InChI is InChI=1S/C12H13N3O2/c1-17-9-12(16)14-10-7-13-15(8-10)11-5-3-2-4-6-11/h2-8H,9H2,1H3,(H,14,16). The summed E-state index contributed by atoms with van der Waals surface area (Å²) in [4.78, 5) is 11.3. The number of ether oxygens (including phenoxy) is 1. The van der Waals surface area contributed by atoms with Crippen molar-refractivity contribution in [2.45, 2.75) is 0 Å². The van der Waals surface area contributed by atoms with E-state index in [9.17, 15) is 4.79 Å². The van der Waals surface area contributed by atoms with Crippen molar-refractivity contribution in [3.05, 3.63) is 42.7 Å². The summed E-state index contributed by atoms with van der Waals surface area (Å²) < 4.78 is 6.42. The number of hydrogen-bond donors (Lipinski definition) is 1. The lowest BCUT2D eigenvalue weighted by Gasteiger charge is -2.01. The molecule has 0 saturated heterocycles. The number of amides is 1. The number of methoxy groups -OCH3 is 1. The Balaban J connectivity index is 2.09. The van der Waals surface area contributed by atoms with E-state index in [0.29, 0.717) is 5.69 Å². The molecule has 1 aromatic heterocycles. The lowest BCUT2D eigenvalue weighted by Crippen LogP contribution is -2.16. The van der Waals surface area contributed by atoms with Gasteiger partial charge in [0.1, 0.15) is 6.61 Å². The number of benzene rings is 1. The van der Waals surface area contributed by atoms with E-state index in [1.54, 1.807) is 17.1 Å². The zero-order valence-electron chi connectivity index (χ0n) is 9.46. The number of anilines is 1. The van der Waals surface area contributed by atoms with Gasteiger partial charge in [0, 0.05) is 7.11 Å². The fourth-order valence-corrected chi connectivity index (χ4v) is 1.44. The van der Waals surface area contributed by atoms with Crippen LogP contribution in [-0.4, -0.2) is 29.4 Å². The average Bonchev–Trinajstić information content (AvgIpc) is 2.79. The summed E-state index contributed by atoms with van der Waals surface area (Å²) in [6.45, 7) is 0.0382. The number of rotatable bonds is 4. The molecule has 1 heterocycles. The number of carbonyl (C=O) groups is 1. The molecule has 0 spiro atoms. The van der Waals surface area contributed by atoms with Gasteiger partial charge in [-0.2, -0.15) is 5.10 Å². The van der Waals surface area contributed by atoms with Crippen LogP contribution in [0.15, 0.2) is 42.7 Å². The fourth-order valence-electron chi connectivity index (χ4n) is 1.44.